The fourth-order valence-electron chi connectivity index (χ4n) is 3.43. The minimum absolute atomic E-state index is 0.524. The van der Waals surface area contributed by atoms with Gasteiger partial charge in [0, 0.05) is 17.3 Å². The first-order valence-corrected chi connectivity index (χ1v) is 9.76. The van der Waals surface area contributed by atoms with Crippen LogP contribution in [0.4, 0.5) is 11.5 Å². The predicted octanol–water partition coefficient (Wildman–Crippen LogP) is 4.18. The lowest BCUT2D eigenvalue weighted by atomic mass is 10.1. The summed E-state index contributed by atoms with van der Waals surface area (Å²) in [6, 6.07) is 13.0. The van der Waals surface area contributed by atoms with Crippen molar-refractivity contribution in [2.45, 2.75) is 0 Å². The second-order valence-electron chi connectivity index (χ2n) is 6.74. The maximum Gasteiger partial charge on any atom is 0.203 e. The van der Waals surface area contributed by atoms with Crippen molar-refractivity contribution in [3.05, 3.63) is 48.7 Å². The van der Waals surface area contributed by atoms with E-state index in [4.69, 9.17) is 28.8 Å². The summed E-state index contributed by atoms with van der Waals surface area (Å²) in [5.41, 5.74) is 3.11. The summed E-state index contributed by atoms with van der Waals surface area (Å²) < 4.78 is 28.8. The number of methoxy groups -OCH3 is 5. The molecule has 0 bridgehead atoms. The third-order valence-electron chi connectivity index (χ3n) is 4.98. The van der Waals surface area contributed by atoms with E-state index in [1.54, 1.807) is 46.3 Å². The van der Waals surface area contributed by atoms with E-state index in [9.17, 15) is 0 Å². The van der Waals surface area contributed by atoms with Crippen molar-refractivity contribution in [1.82, 2.24) is 14.6 Å². The molecule has 166 valence electrons. The second kappa shape index (κ2) is 8.93. The summed E-state index contributed by atoms with van der Waals surface area (Å²) in [4.78, 5) is 4.47. The van der Waals surface area contributed by atoms with Crippen molar-refractivity contribution in [3.8, 4) is 40.0 Å². The third kappa shape index (κ3) is 3.80. The second-order valence-corrected chi connectivity index (χ2v) is 6.74. The maximum absolute atomic E-state index is 5.48. The summed E-state index contributed by atoms with van der Waals surface area (Å²) in [5.74, 6) is 3.54. The van der Waals surface area contributed by atoms with Crippen LogP contribution in [-0.2, 0) is 0 Å². The third-order valence-corrected chi connectivity index (χ3v) is 4.98. The first-order valence-electron chi connectivity index (χ1n) is 9.76. The molecule has 32 heavy (non-hydrogen) atoms. The van der Waals surface area contributed by atoms with Crippen LogP contribution >= 0.6 is 0 Å². The minimum atomic E-state index is 0.524. The van der Waals surface area contributed by atoms with Crippen molar-refractivity contribution in [2.24, 2.45) is 0 Å². The van der Waals surface area contributed by atoms with Crippen molar-refractivity contribution in [2.75, 3.05) is 40.9 Å². The topological polar surface area (TPSA) is 88.4 Å². The Hall–Kier alpha value is -4.14. The van der Waals surface area contributed by atoms with Gasteiger partial charge in [0.25, 0.3) is 0 Å². The Morgan fingerprint density at radius 3 is 2.03 bits per heavy atom. The Morgan fingerprint density at radius 2 is 1.41 bits per heavy atom. The number of anilines is 2. The van der Waals surface area contributed by atoms with Crippen LogP contribution in [0.3, 0.4) is 0 Å². The van der Waals surface area contributed by atoms with E-state index in [0.717, 1.165) is 16.9 Å². The summed E-state index contributed by atoms with van der Waals surface area (Å²) in [5, 5.41) is 8.01. The molecule has 0 unspecified atom stereocenters. The molecule has 0 atom stereocenters. The van der Waals surface area contributed by atoms with Crippen LogP contribution in [-0.4, -0.2) is 50.1 Å². The Labute approximate surface area is 185 Å². The van der Waals surface area contributed by atoms with E-state index in [0.29, 0.717) is 40.2 Å². The zero-order valence-electron chi connectivity index (χ0n) is 18.5. The summed E-state index contributed by atoms with van der Waals surface area (Å²) >= 11 is 0. The molecule has 9 heteroatoms. The Bertz CT molecular complexity index is 1230. The molecule has 0 saturated carbocycles. The molecule has 0 spiro atoms. The number of fused-ring (bicyclic) bond motifs is 1. The van der Waals surface area contributed by atoms with Gasteiger partial charge in [-0.3, -0.25) is 0 Å². The number of nitrogens with one attached hydrogen (secondary N) is 1. The average molecular weight is 436 g/mol. The van der Waals surface area contributed by atoms with Crippen LogP contribution in [0, 0.1) is 0 Å². The zero-order chi connectivity index (χ0) is 22.7. The van der Waals surface area contributed by atoms with Gasteiger partial charge in [-0.1, -0.05) is 0 Å². The van der Waals surface area contributed by atoms with E-state index in [2.05, 4.69) is 10.3 Å². The fraction of sp³-hybridized carbons (Fsp3) is 0.217. The molecule has 0 fully saturated rings. The van der Waals surface area contributed by atoms with Gasteiger partial charge in [-0.15, -0.1) is 5.10 Å². The molecule has 1 N–H and O–H groups in total. The number of nitrogens with zero attached hydrogens (tertiary/aromatic N) is 3. The molecular formula is C23H24N4O5. The van der Waals surface area contributed by atoms with Gasteiger partial charge in [0.1, 0.15) is 0 Å². The van der Waals surface area contributed by atoms with E-state index < -0.39 is 0 Å². The molecule has 0 radical (unpaired) electrons. The van der Waals surface area contributed by atoms with Gasteiger partial charge >= 0.3 is 0 Å². The van der Waals surface area contributed by atoms with Gasteiger partial charge < -0.3 is 29.0 Å². The molecule has 9 nitrogen and oxygen atoms in total. The Balaban J connectivity index is 1.74. The smallest absolute Gasteiger partial charge is 0.203 e. The Morgan fingerprint density at radius 1 is 0.719 bits per heavy atom. The van der Waals surface area contributed by atoms with Gasteiger partial charge in [0.2, 0.25) is 5.75 Å². The van der Waals surface area contributed by atoms with Crippen LogP contribution in [0.1, 0.15) is 0 Å². The lowest BCUT2D eigenvalue weighted by molar-refractivity contribution is 0.324. The summed E-state index contributed by atoms with van der Waals surface area (Å²) in [6.07, 6.45) is 1.75. The van der Waals surface area contributed by atoms with Crippen molar-refractivity contribution in [1.29, 1.82) is 0 Å². The molecule has 4 rings (SSSR count). The molecule has 0 amide bonds. The zero-order valence-corrected chi connectivity index (χ0v) is 18.5. The quantitative estimate of drug-likeness (QED) is 0.440. The van der Waals surface area contributed by atoms with E-state index in [-0.39, 0.29) is 0 Å². The molecule has 4 aromatic rings. The molecule has 2 heterocycles. The molecule has 2 aromatic heterocycles. The van der Waals surface area contributed by atoms with E-state index in [1.807, 2.05) is 42.5 Å². The molecule has 2 aromatic carbocycles. The van der Waals surface area contributed by atoms with Gasteiger partial charge in [-0.2, -0.15) is 0 Å². The molecule has 0 aliphatic rings. The lowest BCUT2D eigenvalue weighted by Crippen LogP contribution is -2.01. The first kappa shape index (κ1) is 21.1. The van der Waals surface area contributed by atoms with Gasteiger partial charge in [0.15, 0.2) is 34.5 Å². The summed E-state index contributed by atoms with van der Waals surface area (Å²) in [6.45, 7) is 0. The highest BCUT2D eigenvalue weighted by Crippen LogP contribution is 2.41. The minimum Gasteiger partial charge on any atom is -0.493 e. The number of imidazole rings is 1. The monoisotopic (exact) mass is 436 g/mol. The average Bonchev–Trinajstić information content (AvgIpc) is 3.26. The van der Waals surface area contributed by atoms with Crippen LogP contribution in [0.25, 0.3) is 16.9 Å². The van der Waals surface area contributed by atoms with Crippen LogP contribution < -0.4 is 29.0 Å². The number of hydrogen-bond acceptors (Lipinski definition) is 8. The first-order chi connectivity index (χ1) is 15.6. The van der Waals surface area contributed by atoms with Crippen molar-refractivity contribution < 1.29 is 23.7 Å². The molecule has 0 aliphatic heterocycles. The predicted molar refractivity (Wildman–Crippen MR) is 121 cm³/mol. The number of aromatic nitrogens is 3. The van der Waals surface area contributed by atoms with E-state index >= 15 is 0 Å². The van der Waals surface area contributed by atoms with Gasteiger partial charge in [0.05, 0.1) is 47.4 Å². The van der Waals surface area contributed by atoms with Crippen molar-refractivity contribution >= 4 is 17.2 Å². The molecule has 0 aliphatic carbocycles. The SMILES string of the molecule is COc1ccc(Nc2ccc3ncc(-c4cc(OC)c(OC)c(OC)c4)n3n2)cc1OC. The van der Waals surface area contributed by atoms with Crippen molar-refractivity contribution in [3.63, 3.8) is 0 Å². The highest BCUT2D eigenvalue weighted by molar-refractivity contribution is 5.71. The standard InChI is InChI=1S/C23H24N4O5/c1-28-17-7-6-15(12-18(17)29-2)25-21-8-9-22-24-13-16(27(22)26-21)14-10-19(30-3)23(32-5)20(11-14)31-4/h6-13H,1-5H3,(H,25,26). The van der Waals surface area contributed by atoms with E-state index in [1.165, 1.54) is 0 Å². The van der Waals surface area contributed by atoms with Crippen LogP contribution in [0.5, 0.6) is 28.7 Å². The maximum atomic E-state index is 5.48. The molecular weight excluding hydrogens is 412 g/mol. The van der Waals surface area contributed by atoms with Crippen LogP contribution in [0.15, 0.2) is 48.7 Å². The fourth-order valence-corrected chi connectivity index (χ4v) is 3.43. The van der Waals surface area contributed by atoms with Gasteiger partial charge in [-0.05, 0) is 36.4 Å². The lowest BCUT2D eigenvalue weighted by Gasteiger charge is -2.14. The molecule has 0 saturated heterocycles. The number of rotatable bonds is 8. The summed E-state index contributed by atoms with van der Waals surface area (Å²) in [7, 11) is 7.94. The normalized spacial score (nSPS) is 10.7. The number of benzene rings is 2. The highest BCUT2D eigenvalue weighted by Gasteiger charge is 2.17. The number of ether oxygens (including phenoxy) is 5. The largest absolute Gasteiger partial charge is 0.493 e. The highest BCUT2D eigenvalue weighted by atomic mass is 16.5. The van der Waals surface area contributed by atoms with Crippen LogP contribution in [0.2, 0.25) is 0 Å². The Kier molecular flexibility index (Phi) is 5.89. The van der Waals surface area contributed by atoms with Gasteiger partial charge in [-0.25, -0.2) is 9.50 Å². The number of hydrogen-bond donors (Lipinski definition) is 1.